The standard InChI is InChI=1S/C28H23NO4/c1-31-25-17-23-24(18-26(25)32-2)28(30)33-27(23)19-13-15-22(16-14-19)29(20-9-5-3-6-10-20)21-11-7-4-8-12-21/h3-18,27H,1-2H3. The highest BCUT2D eigenvalue weighted by molar-refractivity contribution is 5.95. The number of esters is 1. The minimum atomic E-state index is -0.497. The summed E-state index contributed by atoms with van der Waals surface area (Å²) in [7, 11) is 3.12. The zero-order valence-corrected chi connectivity index (χ0v) is 18.4. The van der Waals surface area contributed by atoms with Crippen molar-refractivity contribution in [3.05, 3.63) is 114 Å². The van der Waals surface area contributed by atoms with Crippen LogP contribution in [0.15, 0.2) is 97.1 Å². The van der Waals surface area contributed by atoms with Crippen LogP contribution in [0.25, 0.3) is 0 Å². The summed E-state index contributed by atoms with van der Waals surface area (Å²) in [5.74, 6) is 0.705. The van der Waals surface area contributed by atoms with E-state index in [1.165, 1.54) is 0 Å². The van der Waals surface area contributed by atoms with Gasteiger partial charge in [-0.05, 0) is 54.1 Å². The van der Waals surface area contributed by atoms with E-state index in [0.717, 1.165) is 28.2 Å². The second kappa shape index (κ2) is 8.71. The molecule has 1 aliphatic heterocycles. The van der Waals surface area contributed by atoms with E-state index in [1.807, 2.05) is 66.7 Å². The van der Waals surface area contributed by atoms with Gasteiger partial charge < -0.3 is 19.1 Å². The summed E-state index contributed by atoms with van der Waals surface area (Å²) in [6.07, 6.45) is -0.497. The number of cyclic esters (lactones) is 1. The van der Waals surface area contributed by atoms with Crippen molar-refractivity contribution in [3.63, 3.8) is 0 Å². The predicted octanol–water partition coefficient (Wildman–Crippen LogP) is 6.43. The Balaban J connectivity index is 1.52. The van der Waals surface area contributed by atoms with Crippen molar-refractivity contribution in [1.82, 2.24) is 0 Å². The van der Waals surface area contributed by atoms with Crippen molar-refractivity contribution in [2.75, 3.05) is 19.1 Å². The van der Waals surface area contributed by atoms with Crippen LogP contribution in [0.1, 0.15) is 27.6 Å². The third kappa shape index (κ3) is 3.78. The Labute approximate surface area is 192 Å². The number of hydrogen-bond acceptors (Lipinski definition) is 5. The van der Waals surface area contributed by atoms with Crippen molar-refractivity contribution < 1.29 is 19.0 Å². The largest absolute Gasteiger partial charge is 0.493 e. The van der Waals surface area contributed by atoms with E-state index in [4.69, 9.17) is 14.2 Å². The first-order chi connectivity index (χ1) is 16.2. The molecule has 0 saturated carbocycles. The molecule has 0 radical (unpaired) electrons. The molecule has 164 valence electrons. The first-order valence-electron chi connectivity index (χ1n) is 10.7. The smallest absolute Gasteiger partial charge is 0.339 e. The SMILES string of the molecule is COc1cc2c(cc1OC)C(c1ccc(N(c3ccccc3)c3ccccc3)cc1)OC2=O. The van der Waals surface area contributed by atoms with Crippen LogP contribution in [0.2, 0.25) is 0 Å². The van der Waals surface area contributed by atoms with E-state index >= 15 is 0 Å². The van der Waals surface area contributed by atoms with Gasteiger partial charge in [0.05, 0.1) is 19.8 Å². The number of carbonyl (C=O) groups is 1. The molecule has 0 aromatic heterocycles. The normalized spacial score (nSPS) is 14.4. The molecule has 33 heavy (non-hydrogen) atoms. The molecule has 0 bridgehead atoms. The highest BCUT2D eigenvalue weighted by atomic mass is 16.5. The molecule has 4 aromatic rings. The maximum atomic E-state index is 12.5. The molecule has 0 fully saturated rings. The number of rotatable bonds is 6. The molecule has 5 heteroatoms. The Kier molecular flexibility index (Phi) is 5.45. The van der Waals surface area contributed by atoms with Gasteiger partial charge in [0.15, 0.2) is 17.6 Å². The van der Waals surface area contributed by atoms with Crippen molar-refractivity contribution in [3.8, 4) is 11.5 Å². The van der Waals surface area contributed by atoms with E-state index in [1.54, 1.807) is 20.3 Å². The van der Waals surface area contributed by atoms with Crippen LogP contribution in [0.3, 0.4) is 0 Å². The van der Waals surface area contributed by atoms with Crippen LogP contribution in [0.5, 0.6) is 11.5 Å². The summed E-state index contributed by atoms with van der Waals surface area (Å²) in [6.45, 7) is 0. The number of anilines is 3. The molecule has 5 nitrogen and oxygen atoms in total. The Morgan fingerprint density at radius 1 is 0.697 bits per heavy atom. The van der Waals surface area contributed by atoms with Crippen LogP contribution < -0.4 is 14.4 Å². The number of hydrogen-bond donors (Lipinski definition) is 0. The number of fused-ring (bicyclic) bond motifs is 1. The van der Waals surface area contributed by atoms with Gasteiger partial charge in [-0.25, -0.2) is 4.79 Å². The van der Waals surface area contributed by atoms with Gasteiger partial charge in [0.25, 0.3) is 0 Å². The Bertz CT molecular complexity index is 1230. The molecule has 1 aliphatic rings. The fourth-order valence-corrected chi connectivity index (χ4v) is 4.17. The van der Waals surface area contributed by atoms with Gasteiger partial charge in [-0.3, -0.25) is 0 Å². The van der Waals surface area contributed by atoms with Crippen molar-refractivity contribution in [2.24, 2.45) is 0 Å². The number of methoxy groups -OCH3 is 2. The molecule has 1 heterocycles. The molecule has 0 spiro atoms. The van der Waals surface area contributed by atoms with E-state index < -0.39 is 6.10 Å². The van der Waals surface area contributed by atoms with E-state index in [2.05, 4.69) is 29.2 Å². The maximum absolute atomic E-state index is 12.5. The van der Waals surface area contributed by atoms with Gasteiger partial charge >= 0.3 is 5.97 Å². The van der Waals surface area contributed by atoms with E-state index in [9.17, 15) is 4.79 Å². The van der Waals surface area contributed by atoms with E-state index in [-0.39, 0.29) is 5.97 Å². The minimum Gasteiger partial charge on any atom is -0.493 e. The molecule has 1 atom stereocenters. The first-order valence-corrected chi connectivity index (χ1v) is 10.7. The fourth-order valence-electron chi connectivity index (χ4n) is 4.17. The molecular formula is C28H23NO4. The molecule has 0 amide bonds. The van der Waals surface area contributed by atoms with Gasteiger partial charge in [-0.15, -0.1) is 0 Å². The van der Waals surface area contributed by atoms with Gasteiger partial charge in [0.2, 0.25) is 0 Å². The summed E-state index contributed by atoms with van der Waals surface area (Å²) in [4.78, 5) is 14.7. The summed E-state index contributed by atoms with van der Waals surface area (Å²) in [5, 5.41) is 0. The number of benzene rings is 4. The van der Waals surface area contributed by atoms with Gasteiger partial charge in [0, 0.05) is 22.6 Å². The molecule has 1 unspecified atom stereocenters. The molecule has 0 N–H and O–H groups in total. The zero-order chi connectivity index (χ0) is 22.8. The maximum Gasteiger partial charge on any atom is 0.339 e. The lowest BCUT2D eigenvalue weighted by Gasteiger charge is -2.25. The molecule has 5 rings (SSSR count). The zero-order valence-electron chi connectivity index (χ0n) is 18.4. The van der Waals surface area contributed by atoms with Crippen molar-refractivity contribution in [1.29, 1.82) is 0 Å². The lowest BCUT2D eigenvalue weighted by Crippen LogP contribution is -2.10. The Hall–Kier alpha value is -4.25. The number of carbonyl (C=O) groups excluding carboxylic acids is 1. The summed E-state index contributed by atoms with van der Waals surface area (Å²) in [5.41, 5.74) is 5.29. The van der Waals surface area contributed by atoms with Crippen LogP contribution in [0, 0.1) is 0 Å². The Morgan fingerprint density at radius 2 is 1.21 bits per heavy atom. The first kappa shape index (κ1) is 20.6. The lowest BCUT2D eigenvalue weighted by molar-refractivity contribution is 0.0455. The molecule has 0 saturated heterocycles. The van der Waals surface area contributed by atoms with Crippen molar-refractivity contribution in [2.45, 2.75) is 6.10 Å². The second-order valence-electron chi connectivity index (χ2n) is 7.68. The topological polar surface area (TPSA) is 48.0 Å². The average molecular weight is 437 g/mol. The molecule has 0 aliphatic carbocycles. The van der Waals surface area contributed by atoms with Crippen LogP contribution in [-0.4, -0.2) is 20.2 Å². The summed E-state index contributed by atoms with van der Waals surface area (Å²) >= 11 is 0. The fraction of sp³-hybridized carbons (Fsp3) is 0.107. The van der Waals surface area contributed by atoms with E-state index in [0.29, 0.717) is 17.1 Å². The quantitative estimate of drug-likeness (QED) is 0.325. The van der Waals surface area contributed by atoms with Crippen LogP contribution >= 0.6 is 0 Å². The molecule has 4 aromatic carbocycles. The number of ether oxygens (including phenoxy) is 3. The number of nitrogens with zero attached hydrogens (tertiary/aromatic N) is 1. The van der Waals surface area contributed by atoms with Crippen LogP contribution in [-0.2, 0) is 4.74 Å². The Morgan fingerprint density at radius 3 is 1.76 bits per heavy atom. The predicted molar refractivity (Wildman–Crippen MR) is 128 cm³/mol. The average Bonchev–Trinajstić information content (AvgIpc) is 3.20. The van der Waals surface area contributed by atoms with Gasteiger partial charge in [0.1, 0.15) is 0 Å². The third-order valence-corrected chi connectivity index (χ3v) is 5.77. The minimum absolute atomic E-state index is 0.366. The van der Waals surface area contributed by atoms with Crippen LogP contribution in [0.4, 0.5) is 17.1 Å². The summed E-state index contributed by atoms with van der Waals surface area (Å²) < 4.78 is 16.5. The number of para-hydroxylation sites is 2. The summed E-state index contributed by atoms with van der Waals surface area (Å²) in [6, 6.07) is 32.0. The lowest BCUT2D eigenvalue weighted by atomic mass is 9.98. The van der Waals surface area contributed by atoms with Crippen molar-refractivity contribution >= 4 is 23.0 Å². The third-order valence-electron chi connectivity index (χ3n) is 5.77. The highest BCUT2D eigenvalue weighted by Crippen LogP contribution is 2.42. The van der Waals surface area contributed by atoms with Gasteiger partial charge in [-0.2, -0.15) is 0 Å². The second-order valence-corrected chi connectivity index (χ2v) is 7.68. The highest BCUT2D eigenvalue weighted by Gasteiger charge is 2.34. The molecular weight excluding hydrogens is 414 g/mol. The van der Waals surface area contributed by atoms with Gasteiger partial charge in [-0.1, -0.05) is 48.5 Å². The monoisotopic (exact) mass is 437 g/mol.